The van der Waals surface area contributed by atoms with Gasteiger partial charge in [-0.2, -0.15) is 0 Å². The lowest BCUT2D eigenvalue weighted by molar-refractivity contribution is 0.670. The second kappa shape index (κ2) is 12.5. The molecule has 3 heterocycles. The molecule has 0 spiro atoms. The number of furan rings is 1. The molecule has 57 heavy (non-hydrogen) atoms. The summed E-state index contributed by atoms with van der Waals surface area (Å²) >= 11 is 0. The van der Waals surface area contributed by atoms with Crippen LogP contribution in [0.4, 0.5) is 0 Å². The monoisotopic (exact) mass is 726 g/mol. The SMILES string of the molecule is c1ccc(-c2ccc3c(c2)c2ccc4c(c5ccc(-c6ccccc6)cc5n4-c4ccc(-c5cccc6c5oc5ccccc56)cc4)c2n3-c2ccccc2)cc1. The molecule has 0 radical (unpaired) electrons. The Kier molecular flexibility index (Phi) is 6.93. The number of fused-ring (bicyclic) bond motifs is 10. The number of benzene rings is 9. The molecule has 9 aromatic carbocycles. The van der Waals surface area contributed by atoms with Crippen molar-refractivity contribution in [3.05, 3.63) is 206 Å². The predicted molar refractivity (Wildman–Crippen MR) is 239 cm³/mol. The van der Waals surface area contributed by atoms with Gasteiger partial charge in [0.05, 0.1) is 22.1 Å². The van der Waals surface area contributed by atoms with Crippen molar-refractivity contribution in [1.29, 1.82) is 0 Å². The van der Waals surface area contributed by atoms with Crippen LogP contribution in [0.25, 0.3) is 110 Å². The molecule has 0 N–H and O–H groups in total. The molecule has 0 aliphatic rings. The summed E-state index contributed by atoms with van der Waals surface area (Å²) in [4.78, 5) is 0. The van der Waals surface area contributed by atoms with Crippen LogP contribution in [0.3, 0.4) is 0 Å². The van der Waals surface area contributed by atoms with E-state index in [9.17, 15) is 0 Å². The van der Waals surface area contributed by atoms with E-state index in [2.05, 4.69) is 203 Å². The lowest BCUT2D eigenvalue weighted by Gasteiger charge is -2.11. The Labute approximate surface area is 328 Å². The third kappa shape index (κ3) is 4.86. The van der Waals surface area contributed by atoms with Crippen LogP contribution in [-0.2, 0) is 0 Å². The van der Waals surface area contributed by atoms with E-state index in [4.69, 9.17) is 4.42 Å². The molecule has 12 aromatic rings. The Balaban J connectivity index is 1.14. The Hall–Kier alpha value is -7.62. The van der Waals surface area contributed by atoms with E-state index in [0.29, 0.717) is 0 Å². The minimum atomic E-state index is 0.909. The lowest BCUT2D eigenvalue weighted by atomic mass is 10.0. The zero-order valence-electron chi connectivity index (χ0n) is 30.9. The highest BCUT2D eigenvalue weighted by atomic mass is 16.3. The molecular formula is C54H34N2O. The summed E-state index contributed by atoms with van der Waals surface area (Å²) in [5.41, 5.74) is 15.8. The molecule has 0 fully saturated rings. The zero-order chi connectivity index (χ0) is 37.5. The predicted octanol–water partition coefficient (Wildman–Crippen LogP) is 14.8. The van der Waals surface area contributed by atoms with Gasteiger partial charge in [0.25, 0.3) is 0 Å². The molecule has 12 rings (SSSR count). The fourth-order valence-corrected chi connectivity index (χ4v) is 9.12. The highest BCUT2D eigenvalue weighted by Gasteiger charge is 2.22. The number of para-hydroxylation sites is 3. The number of nitrogens with zero attached hydrogens (tertiary/aromatic N) is 2. The molecule has 3 aromatic heterocycles. The number of hydrogen-bond acceptors (Lipinski definition) is 1. The van der Waals surface area contributed by atoms with Crippen LogP contribution in [0, 0.1) is 0 Å². The van der Waals surface area contributed by atoms with Gasteiger partial charge in [-0.25, -0.2) is 0 Å². The fraction of sp³-hybridized carbons (Fsp3) is 0. The van der Waals surface area contributed by atoms with Gasteiger partial charge in [-0.1, -0.05) is 152 Å². The quantitative estimate of drug-likeness (QED) is 0.173. The van der Waals surface area contributed by atoms with Gasteiger partial charge in [0.1, 0.15) is 11.2 Å². The zero-order valence-corrected chi connectivity index (χ0v) is 30.9. The van der Waals surface area contributed by atoms with Crippen LogP contribution in [0.5, 0.6) is 0 Å². The highest BCUT2D eigenvalue weighted by Crippen LogP contribution is 2.44. The second-order valence-electron chi connectivity index (χ2n) is 14.9. The van der Waals surface area contributed by atoms with Crippen LogP contribution in [0.2, 0.25) is 0 Å². The molecule has 0 atom stereocenters. The molecule has 3 heteroatoms. The Morgan fingerprint density at radius 2 is 0.912 bits per heavy atom. The van der Waals surface area contributed by atoms with E-state index in [1.807, 2.05) is 12.1 Å². The topological polar surface area (TPSA) is 23.0 Å². The van der Waals surface area contributed by atoms with E-state index in [1.165, 1.54) is 60.3 Å². The molecule has 0 amide bonds. The van der Waals surface area contributed by atoms with Crippen molar-refractivity contribution in [2.45, 2.75) is 0 Å². The molecule has 0 saturated heterocycles. The molecule has 266 valence electrons. The van der Waals surface area contributed by atoms with Gasteiger partial charge < -0.3 is 13.6 Å². The van der Waals surface area contributed by atoms with Crippen molar-refractivity contribution in [1.82, 2.24) is 9.13 Å². The molecule has 0 aliphatic carbocycles. The van der Waals surface area contributed by atoms with Gasteiger partial charge in [0, 0.05) is 49.3 Å². The second-order valence-corrected chi connectivity index (χ2v) is 14.9. The highest BCUT2D eigenvalue weighted by molar-refractivity contribution is 6.26. The summed E-state index contributed by atoms with van der Waals surface area (Å²) in [7, 11) is 0. The van der Waals surface area contributed by atoms with Crippen molar-refractivity contribution in [2.75, 3.05) is 0 Å². The maximum Gasteiger partial charge on any atom is 0.143 e. The third-order valence-electron chi connectivity index (χ3n) is 11.7. The van der Waals surface area contributed by atoms with Gasteiger partial charge in [-0.15, -0.1) is 0 Å². The average Bonchev–Trinajstić information content (AvgIpc) is 3.94. The summed E-state index contributed by atoms with van der Waals surface area (Å²) in [6, 6.07) is 74.4. The Morgan fingerprint density at radius 3 is 1.68 bits per heavy atom. The molecular weight excluding hydrogens is 693 g/mol. The summed E-state index contributed by atoms with van der Waals surface area (Å²) in [5.74, 6) is 0. The first-order chi connectivity index (χ1) is 28.3. The van der Waals surface area contributed by atoms with Gasteiger partial charge in [-0.05, 0) is 82.4 Å². The van der Waals surface area contributed by atoms with E-state index in [-0.39, 0.29) is 0 Å². The van der Waals surface area contributed by atoms with Crippen LogP contribution in [0.15, 0.2) is 211 Å². The van der Waals surface area contributed by atoms with Gasteiger partial charge >= 0.3 is 0 Å². The van der Waals surface area contributed by atoms with Crippen molar-refractivity contribution in [2.24, 2.45) is 0 Å². The Bertz CT molecular complexity index is 3480. The normalized spacial score (nSPS) is 11.9. The van der Waals surface area contributed by atoms with Crippen molar-refractivity contribution in [3.8, 4) is 44.8 Å². The maximum atomic E-state index is 6.45. The van der Waals surface area contributed by atoms with Gasteiger partial charge in [-0.3, -0.25) is 0 Å². The summed E-state index contributed by atoms with van der Waals surface area (Å²) < 4.78 is 11.4. The Morgan fingerprint density at radius 1 is 0.316 bits per heavy atom. The maximum absolute atomic E-state index is 6.45. The number of hydrogen-bond donors (Lipinski definition) is 0. The first kappa shape index (κ1) is 31.7. The molecule has 0 saturated carbocycles. The standard InChI is InChI=1S/C54H34N2O/c1-4-13-35(14-5-1)38-26-31-48-47(33-38)44-30-32-49-52(53(44)56(48)40-17-8-3-9-18-40)46-29-25-39(36-15-6-2-7-16-36)34-50(46)55(49)41-27-23-37(24-28-41)42-20-12-21-45-43-19-10-11-22-51(43)57-54(42)45/h1-34H. The lowest BCUT2D eigenvalue weighted by Crippen LogP contribution is -1.95. The van der Waals surface area contributed by atoms with Crippen LogP contribution < -0.4 is 0 Å². The van der Waals surface area contributed by atoms with E-state index in [0.717, 1.165) is 50.0 Å². The average molecular weight is 727 g/mol. The van der Waals surface area contributed by atoms with Crippen molar-refractivity contribution < 1.29 is 4.42 Å². The smallest absolute Gasteiger partial charge is 0.143 e. The van der Waals surface area contributed by atoms with Gasteiger partial charge in [0.2, 0.25) is 0 Å². The summed E-state index contributed by atoms with van der Waals surface area (Å²) in [5, 5.41) is 7.20. The summed E-state index contributed by atoms with van der Waals surface area (Å²) in [6.07, 6.45) is 0. The third-order valence-corrected chi connectivity index (χ3v) is 11.7. The van der Waals surface area contributed by atoms with Gasteiger partial charge in [0.15, 0.2) is 0 Å². The van der Waals surface area contributed by atoms with E-state index in [1.54, 1.807) is 0 Å². The minimum Gasteiger partial charge on any atom is -0.455 e. The number of aromatic nitrogens is 2. The van der Waals surface area contributed by atoms with Crippen LogP contribution in [0.1, 0.15) is 0 Å². The van der Waals surface area contributed by atoms with Crippen LogP contribution >= 0.6 is 0 Å². The number of rotatable bonds is 5. The largest absolute Gasteiger partial charge is 0.455 e. The molecule has 0 unspecified atom stereocenters. The first-order valence-corrected chi connectivity index (χ1v) is 19.5. The molecule has 3 nitrogen and oxygen atoms in total. The van der Waals surface area contributed by atoms with Crippen LogP contribution in [-0.4, -0.2) is 9.13 Å². The van der Waals surface area contributed by atoms with E-state index < -0.39 is 0 Å². The minimum absolute atomic E-state index is 0.909. The first-order valence-electron chi connectivity index (χ1n) is 19.5. The van der Waals surface area contributed by atoms with Crippen molar-refractivity contribution in [3.63, 3.8) is 0 Å². The fourth-order valence-electron chi connectivity index (χ4n) is 9.12. The molecule has 0 aliphatic heterocycles. The molecule has 0 bridgehead atoms. The van der Waals surface area contributed by atoms with E-state index >= 15 is 0 Å². The summed E-state index contributed by atoms with van der Waals surface area (Å²) in [6.45, 7) is 0. The van der Waals surface area contributed by atoms with Crippen molar-refractivity contribution >= 4 is 65.6 Å².